The summed E-state index contributed by atoms with van der Waals surface area (Å²) in [7, 11) is 1.84. The number of amides is 2. The van der Waals surface area contributed by atoms with Crippen LogP contribution in [-0.4, -0.2) is 28.0 Å². The number of aromatic nitrogens is 2. The molecule has 0 saturated heterocycles. The number of nitrogens with zero attached hydrogens (tertiary/aromatic N) is 2. The maximum Gasteiger partial charge on any atom is 0.315 e. The fraction of sp³-hybridized carbons (Fsp3) is 0.412. The van der Waals surface area contributed by atoms with Gasteiger partial charge in [-0.15, -0.1) is 0 Å². The molecule has 6 nitrogen and oxygen atoms in total. The van der Waals surface area contributed by atoms with Crippen LogP contribution in [0.5, 0.6) is 0 Å². The van der Waals surface area contributed by atoms with Crippen molar-refractivity contribution in [1.82, 2.24) is 20.4 Å². The van der Waals surface area contributed by atoms with Gasteiger partial charge in [-0.3, -0.25) is 4.68 Å². The van der Waals surface area contributed by atoms with E-state index in [4.69, 9.17) is 4.74 Å². The molecule has 124 valence electrons. The van der Waals surface area contributed by atoms with Crippen molar-refractivity contribution in [3.05, 3.63) is 53.9 Å². The van der Waals surface area contributed by atoms with Crippen molar-refractivity contribution in [3.63, 3.8) is 0 Å². The highest BCUT2D eigenvalue weighted by molar-refractivity contribution is 5.74. The lowest BCUT2D eigenvalue weighted by Crippen LogP contribution is -2.50. The summed E-state index contributed by atoms with van der Waals surface area (Å²) in [6, 6.07) is 9.74. The molecule has 0 bridgehead atoms. The van der Waals surface area contributed by atoms with Gasteiger partial charge in [0, 0.05) is 25.4 Å². The Kier molecular flexibility index (Phi) is 5.76. The number of urea groups is 1. The molecule has 0 atom stereocenters. The zero-order valence-corrected chi connectivity index (χ0v) is 13.9. The van der Waals surface area contributed by atoms with Gasteiger partial charge in [-0.2, -0.15) is 5.10 Å². The van der Waals surface area contributed by atoms with E-state index < -0.39 is 5.54 Å². The van der Waals surface area contributed by atoms with Crippen LogP contribution in [0.4, 0.5) is 4.79 Å². The summed E-state index contributed by atoms with van der Waals surface area (Å²) in [6.45, 7) is 5.27. The minimum absolute atomic E-state index is 0.220. The van der Waals surface area contributed by atoms with Gasteiger partial charge in [-0.1, -0.05) is 30.3 Å². The van der Waals surface area contributed by atoms with Crippen molar-refractivity contribution >= 4 is 6.03 Å². The molecule has 0 fully saturated rings. The molecule has 0 unspecified atom stereocenters. The molecule has 2 amide bonds. The van der Waals surface area contributed by atoms with Crippen LogP contribution in [-0.2, 0) is 24.9 Å². The molecule has 23 heavy (non-hydrogen) atoms. The molecular formula is C17H24N4O2. The zero-order chi connectivity index (χ0) is 16.7. The summed E-state index contributed by atoms with van der Waals surface area (Å²) < 4.78 is 7.40. The van der Waals surface area contributed by atoms with Gasteiger partial charge in [0.2, 0.25) is 0 Å². The SMILES string of the molecule is Cn1cc(CNC(=O)NC(C)(C)COCc2ccccc2)cn1. The summed E-state index contributed by atoms with van der Waals surface area (Å²) in [6.07, 6.45) is 3.60. The first-order valence-corrected chi connectivity index (χ1v) is 7.60. The summed E-state index contributed by atoms with van der Waals surface area (Å²) in [5.41, 5.74) is 1.62. The Morgan fingerprint density at radius 1 is 1.26 bits per heavy atom. The highest BCUT2D eigenvalue weighted by Gasteiger charge is 2.20. The standard InChI is InChI=1S/C17H24N4O2/c1-17(2,13-23-12-14-7-5-4-6-8-14)20-16(22)18-9-15-10-19-21(3)11-15/h4-8,10-11H,9,12-13H2,1-3H3,(H2,18,20,22). The summed E-state index contributed by atoms with van der Waals surface area (Å²) >= 11 is 0. The number of rotatable bonds is 7. The van der Waals surface area contributed by atoms with Crippen LogP contribution in [0.25, 0.3) is 0 Å². The third-order valence-electron chi connectivity index (χ3n) is 3.24. The van der Waals surface area contributed by atoms with Crippen LogP contribution in [0.15, 0.2) is 42.7 Å². The van der Waals surface area contributed by atoms with Crippen molar-refractivity contribution in [1.29, 1.82) is 0 Å². The molecule has 6 heteroatoms. The number of aryl methyl sites for hydroxylation is 1. The molecule has 1 heterocycles. The summed E-state index contributed by atoms with van der Waals surface area (Å²) in [5.74, 6) is 0. The van der Waals surface area contributed by atoms with E-state index in [9.17, 15) is 4.79 Å². The van der Waals surface area contributed by atoms with E-state index in [2.05, 4.69) is 15.7 Å². The highest BCUT2D eigenvalue weighted by atomic mass is 16.5. The molecule has 2 rings (SSSR count). The number of carbonyl (C=O) groups is 1. The second kappa shape index (κ2) is 7.78. The van der Waals surface area contributed by atoms with E-state index in [-0.39, 0.29) is 6.03 Å². The van der Waals surface area contributed by atoms with Crippen molar-refractivity contribution < 1.29 is 9.53 Å². The Morgan fingerprint density at radius 2 is 2.00 bits per heavy atom. The average molecular weight is 316 g/mol. The Hall–Kier alpha value is -2.34. The van der Waals surface area contributed by atoms with E-state index in [1.807, 2.05) is 57.4 Å². The first-order chi connectivity index (χ1) is 10.9. The smallest absolute Gasteiger partial charge is 0.315 e. The number of carbonyl (C=O) groups excluding carboxylic acids is 1. The van der Waals surface area contributed by atoms with Crippen molar-refractivity contribution in [2.45, 2.75) is 32.5 Å². The normalized spacial score (nSPS) is 11.3. The van der Waals surface area contributed by atoms with Crippen molar-refractivity contribution in [2.75, 3.05) is 6.61 Å². The monoisotopic (exact) mass is 316 g/mol. The van der Waals surface area contributed by atoms with Gasteiger partial charge >= 0.3 is 6.03 Å². The number of nitrogens with one attached hydrogen (secondary N) is 2. The minimum atomic E-state index is -0.451. The fourth-order valence-corrected chi connectivity index (χ4v) is 2.13. The molecule has 0 aliphatic rings. The number of hydrogen-bond acceptors (Lipinski definition) is 3. The maximum absolute atomic E-state index is 12.0. The largest absolute Gasteiger partial charge is 0.374 e. The zero-order valence-electron chi connectivity index (χ0n) is 13.9. The van der Waals surface area contributed by atoms with E-state index in [1.54, 1.807) is 10.9 Å². The maximum atomic E-state index is 12.0. The molecule has 0 aliphatic heterocycles. The van der Waals surface area contributed by atoms with Crippen LogP contribution < -0.4 is 10.6 Å². The van der Waals surface area contributed by atoms with E-state index in [0.717, 1.165) is 11.1 Å². The van der Waals surface area contributed by atoms with Gasteiger partial charge in [0.1, 0.15) is 0 Å². The van der Waals surface area contributed by atoms with Gasteiger partial charge in [-0.25, -0.2) is 4.79 Å². The molecule has 0 aliphatic carbocycles. The predicted octanol–water partition coefficient (Wildman–Crippen LogP) is 2.21. The molecule has 1 aromatic heterocycles. The second-order valence-corrected chi connectivity index (χ2v) is 6.19. The van der Waals surface area contributed by atoms with E-state index in [0.29, 0.717) is 19.8 Å². The molecule has 0 spiro atoms. The third-order valence-corrected chi connectivity index (χ3v) is 3.24. The fourth-order valence-electron chi connectivity index (χ4n) is 2.13. The van der Waals surface area contributed by atoms with Gasteiger partial charge in [0.15, 0.2) is 0 Å². The van der Waals surface area contributed by atoms with E-state index >= 15 is 0 Å². The lowest BCUT2D eigenvalue weighted by Gasteiger charge is -2.26. The first-order valence-electron chi connectivity index (χ1n) is 7.60. The third kappa shape index (κ3) is 6.12. The van der Waals surface area contributed by atoms with Crippen molar-refractivity contribution in [3.8, 4) is 0 Å². The Bertz CT molecular complexity index is 623. The lowest BCUT2D eigenvalue weighted by molar-refractivity contribution is 0.0744. The molecule has 0 radical (unpaired) electrons. The number of ether oxygens (including phenoxy) is 1. The first kappa shape index (κ1) is 17.0. The Labute approximate surface area is 136 Å². The van der Waals surface area contributed by atoms with Crippen LogP contribution in [0, 0.1) is 0 Å². The molecule has 1 aromatic carbocycles. The predicted molar refractivity (Wildman–Crippen MR) is 88.8 cm³/mol. The van der Waals surface area contributed by atoms with Crippen molar-refractivity contribution in [2.24, 2.45) is 7.05 Å². The van der Waals surface area contributed by atoms with Gasteiger partial charge in [-0.05, 0) is 19.4 Å². The topological polar surface area (TPSA) is 68.2 Å². The van der Waals surface area contributed by atoms with E-state index in [1.165, 1.54) is 0 Å². The minimum Gasteiger partial charge on any atom is -0.374 e. The second-order valence-electron chi connectivity index (χ2n) is 6.19. The average Bonchev–Trinajstić information content (AvgIpc) is 2.91. The molecule has 0 saturated carbocycles. The van der Waals surface area contributed by atoms with Crippen LogP contribution in [0.2, 0.25) is 0 Å². The Balaban J connectivity index is 1.70. The quantitative estimate of drug-likeness (QED) is 0.823. The lowest BCUT2D eigenvalue weighted by atomic mass is 10.1. The molecular weight excluding hydrogens is 292 g/mol. The Morgan fingerprint density at radius 3 is 2.65 bits per heavy atom. The summed E-state index contributed by atoms with van der Waals surface area (Å²) in [4.78, 5) is 12.0. The van der Waals surface area contributed by atoms with Crippen LogP contribution >= 0.6 is 0 Å². The van der Waals surface area contributed by atoms with Gasteiger partial charge < -0.3 is 15.4 Å². The number of hydrogen-bond donors (Lipinski definition) is 2. The molecule has 2 aromatic rings. The van der Waals surface area contributed by atoms with Gasteiger partial charge in [0.25, 0.3) is 0 Å². The van der Waals surface area contributed by atoms with Gasteiger partial charge in [0.05, 0.1) is 24.9 Å². The summed E-state index contributed by atoms with van der Waals surface area (Å²) in [5, 5.41) is 9.80. The van der Waals surface area contributed by atoms with Crippen LogP contribution in [0.3, 0.4) is 0 Å². The van der Waals surface area contributed by atoms with Crippen LogP contribution in [0.1, 0.15) is 25.0 Å². The highest BCUT2D eigenvalue weighted by Crippen LogP contribution is 2.07. The number of benzene rings is 1. The molecule has 2 N–H and O–H groups in total.